The molecule has 4 heteroatoms. The molecular formula is C14H18N2O2. The molecule has 2 fully saturated rings. The predicted molar refractivity (Wildman–Crippen MR) is 66.9 cm³/mol. The molecule has 0 aromatic carbocycles. The molecule has 3 rings (SSSR count). The Morgan fingerprint density at radius 3 is 2.83 bits per heavy atom. The largest absolute Gasteiger partial charge is 0.368 e. The minimum absolute atomic E-state index is 0.173. The molecule has 18 heavy (non-hydrogen) atoms. The minimum Gasteiger partial charge on any atom is -0.368 e. The molecule has 0 saturated carbocycles. The Bertz CT molecular complexity index is 415. The summed E-state index contributed by atoms with van der Waals surface area (Å²) in [7, 11) is 0. The highest BCUT2D eigenvalue weighted by Crippen LogP contribution is 2.33. The lowest BCUT2D eigenvalue weighted by atomic mass is 10.1. The molecule has 0 N–H and O–H groups in total. The number of likely N-dealkylation sites (tertiary alicyclic amines) is 1. The van der Waals surface area contributed by atoms with Gasteiger partial charge in [-0.2, -0.15) is 0 Å². The molecule has 0 radical (unpaired) electrons. The van der Waals surface area contributed by atoms with Gasteiger partial charge in [-0.1, -0.05) is 0 Å². The van der Waals surface area contributed by atoms with E-state index in [9.17, 15) is 4.79 Å². The molecule has 2 aliphatic rings. The number of hydrogen-bond acceptors (Lipinski definition) is 3. The van der Waals surface area contributed by atoms with Crippen molar-refractivity contribution in [2.75, 3.05) is 13.2 Å². The van der Waals surface area contributed by atoms with Crippen molar-refractivity contribution in [3.05, 3.63) is 30.1 Å². The average Bonchev–Trinajstić information content (AvgIpc) is 3.10. The fourth-order valence-corrected chi connectivity index (χ4v) is 2.92. The lowest BCUT2D eigenvalue weighted by Gasteiger charge is -2.27. The Kier molecular flexibility index (Phi) is 3.28. The summed E-state index contributed by atoms with van der Waals surface area (Å²) in [5, 5.41) is 0. The van der Waals surface area contributed by atoms with Gasteiger partial charge in [0, 0.05) is 25.5 Å². The zero-order valence-corrected chi connectivity index (χ0v) is 10.4. The summed E-state index contributed by atoms with van der Waals surface area (Å²) in [4.78, 5) is 18.4. The number of carbonyl (C=O) groups excluding carboxylic acids is 1. The predicted octanol–water partition coefficient (Wildman–Crippen LogP) is 1.92. The molecule has 96 valence electrons. The fourth-order valence-electron chi connectivity index (χ4n) is 2.92. The second-order valence-corrected chi connectivity index (χ2v) is 4.97. The van der Waals surface area contributed by atoms with E-state index in [1.807, 2.05) is 17.0 Å². The molecule has 3 heterocycles. The Labute approximate surface area is 107 Å². The lowest BCUT2D eigenvalue weighted by Crippen LogP contribution is -2.38. The van der Waals surface area contributed by atoms with Crippen LogP contribution >= 0.6 is 0 Å². The van der Waals surface area contributed by atoms with E-state index < -0.39 is 0 Å². The second kappa shape index (κ2) is 5.06. The van der Waals surface area contributed by atoms with Gasteiger partial charge in [-0.05, 0) is 43.4 Å². The second-order valence-electron chi connectivity index (χ2n) is 4.97. The van der Waals surface area contributed by atoms with Gasteiger partial charge in [0.2, 0.25) is 0 Å². The van der Waals surface area contributed by atoms with Crippen LogP contribution in [0.25, 0.3) is 0 Å². The first-order valence-electron chi connectivity index (χ1n) is 6.68. The van der Waals surface area contributed by atoms with Gasteiger partial charge in [0.1, 0.15) is 6.10 Å². The smallest absolute Gasteiger partial charge is 0.252 e. The highest BCUT2D eigenvalue weighted by molar-refractivity contribution is 5.81. The third-order valence-electron chi connectivity index (χ3n) is 3.83. The maximum atomic E-state index is 12.4. The van der Waals surface area contributed by atoms with Gasteiger partial charge in [0.05, 0.1) is 6.04 Å². The highest BCUT2D eigenvalue weighted by Gasteiger charge is 2.35. The maximum absolute atomic E-state index is 12.4. The van der Waals surface area contributed by atoms with Crippen molar-refractivity contribution in [3.8, 4) is 0 Å². The van der Waals surface area contributed by atoms with Crippen molar-refractivity contribution in [1.29, 1.82) is 0 Å². The number of hydrogen-bond donors (Lipinski definition) is 0. The topological polar surface area (TPSA) is 42.4 Å². The third kappa shape index (κ3) is 2.12. The van der Waals surface area contributed by atoms with E-state index in [4.69, 9.17) is 4.74 Å². The molecule has 0 bridgehead atoms. The summed E-state index contributed by atoms with van der Waals surface area (Å²) in [6.07, 6.45) is 7.38. The molecule has 2 saturated heterocycles. The molecule has 1 aromatic heterocycles. The number of ether oxygens (including phenoxy) is 1. The van der Waals surface area contributed by atoms with E-state index in [1.54, 1.807) is 12.4 Å². The molecular weight excluding hydrogens is 228 g/mol. The fraction of sp³-hybridized carbons (Fsp3) is 0.571. The van der Waals surface area contributed by atoms with Crippen LogP contribution in [0, 0.1) is 0 Å². The van der Waals surface area contributed by atoms with Crippen LogP contribution in [-0.2, 0) is 9.53 Å². The number of rotatable bonds is 2. The van der Waals surface area contributed by atoms with Crippen molar-refractivity contribution < 1.29 is 9.53 Å². The van der Waals surface area contributed by atoms with Gasteiger partial charge in [-0.25, -0.2) is 0 Å². The van der Waals surface area contributed by atoms with E-state index in [0.29, 0.717) is 0 Å². The van der Waals surface area contributed by atoms with Crippen LogP contribution in [0.5, 0.6) is 0 Å². The number of carbonyl (C=O) groups is 1. The Balaban J connectivity index is 1.77. The first-order chi connectivity index (χ1) is 8.86. The van der Waals surface area contributed by atoms with Crippen molar-refractivity contribution in [2.24, 2.45) is 0 Å². The number of aromatic nitrogens is 1. The number of amides is 1. The molecule has 2 atom stereocenters. The normalized spacial score (nSPS) is 27.7. The van der Waals surface area contributed by atoms with Gasteiger partial charge in [0.25, 0.3) is 5.91 Å². The molecule has 0 spiro atoms. The molecule has 2 aliphatic heterocycles. The average molecular weight is 246 g/mol. The summed E-state index contributed by atoms with van der Waals surface area (Å²) in [6.45, 7) is 1.58. The standard InChI is InChI=1S/C14H18N2O2/c17-14(13-4-2-10-18-13)16-9-1-3-12(16)11-5-7-15-8-6-11/h5-8,12-13H,1-4,9-10H2. The zero-order valence-electron chi connectivity index (χ0n) is 10.4. The molecule has 0 aliphatic carbocycles. The highest BCUT2D eigenvalue weighted by atomic mass is 16.5. The van der Waals surface area contributed by atoms with Crippen LogP contribution in [0.3, 0.4) is 0 Å². The Hall–Kier alpha value is -1.42. The maximum Gasteiger partial charge on any atom is 0.252 e. The van der Waals surface area contributed by atoms with Gasteiger partial charge >= 0.3 is 0 Å². The van der Waals surface area contributed by atoms with E-state index in [-0.39, 0.29) is 18.1 Å². The first kappa shape index (κ1) is 11.7. The van der Waals surface area contributed by atoms with Crippen molar-refractivity contribution in [1.82, 2.24) is 9.88 Å². The van der Waals surface area contributed by atoms with E-state index in [0.717, 1.165) is 38.8 Å². The van der Waals surface area contributed by atoms with Crippen molar-refractivity contribution in [2.45, 2.75) is 37.8 Å². The van der Waals surface area contributed by atoms with E-state index >= 15 is 0 Å². The summed E-state index contributed by atoms with van der Waals surface area (Å²) in [5.41, 5.74) is 1.19. The Morgan fingerprint density at radius 2 is 2.11 bits per heavy atom. The summed E-state index contributed by atoms with van der Waals surface area (Å²) >= 11 is 0. The molecule has 4 nitrogen and oxygen atoms in total. The van der Waals surface area contributed by atoms with Gasteiger partial charge in [-0.3, -0.25) is 9.78 Å². The van der Waals surface area contributed by atoms with Crippen molar-refractivity contribution in [3.63, 3.8) is 0 Å². The van der Waals surface area contributed by atoms with E-state index in [1.165, 1.54) is 5.56 Å². The van der Waals surface area contributed by atoms with Crippen molar-refractivity contribution >= 4 is 5.91 Å². The molecule has 1 amide bonds. The van der Waals surface area contributed by atoms with E-state index in [2.05, 4.69) is 4.98 Å². The minimum atomic E-state index is -0.201. The van der Waals surface area contributed by atoms with Crippen LogP contribution in [-0.4, -0.2) is 35.0 Å². The van der Waals surface area contributed by atoms with Gasteiger partial charge in [-0.15, -0.1) is 0 Å². The summed E-state index contributed by atoms with van der Waals surface area (Å²) in [5.74, 6) is 0.173. The summed E-state index contributed by atoms with van der Waals surface area (Å²) < 4.78 is 5.51. The number of pyridine rings is 1. The van der Waals surface area contributed by atoms with Gasteiger partial charge in [0.15, 0.2) is 0 Å². The zero-order chi connectivity index (χ0) is 12.4. The third-order valence-corrected chi connectivity index (χ3v) is 3.83. The first-order valence-corrected chi connectivity index (χ1v) is 6.68. The monoisotopic (exact) mass is 246 g/mol. The summed E-state index contributed by atoms with van der Waals surface area (Å²) in [6, 6.07) is 4.22. The molecule has 2 unspecified atom stereocenters. The number of nitrogens with zero attached hydrogens (tertiary/aromatic N) is 2. The Morgan fingerprint density at radius 1 is 1.28 bits per heavy atom. The van der Waals surface area contributed by atoms with Crippen LogP contribution in [0.4, 0.5) is 0 Å². The van der Waals surface area contributed by atoms with Crippen LogP contribution in [0.15, 0.2) is 24.5 Å². The van der Waals surface area contributed by atoms with Crippen LogP contribution < -0.4 is 0 Å². The van der Waals surface area contributed by atoms with Gasteiger partial charge < -0.3 is 9.64 Å². The lowest BCUT2D eigenvalue weighted by molar-refractivity contribution is -0.141. The SMILES string of the molecule is O=C(C1CCCO1)N1CCCC1c1ccncc1. The van der Waals surface area contributed by atoms with Crippen LogP contribution in [0.2, 0.25) is 0 Å². The van der Waals surface area contributed by atoms with Crippen LogP contribution in [0.1, 0.15) is 37.3 Å². The molecule has 1 aromatic rings. The quantitative estimate of drug-likeness (QED) is 0.800.